The maximum Gasteiger partial charge on any atom is 0.0608 e. The zero-order chi connectivity index (χ0) is 13.3. The zero-order valence-electron chi connectivity index (χ0n) is 12.2. The first-order valence-electron chi connectivity index (χ1n) is 7.06. The van der Waals surface area contributed by atoms with Crippen LogP contribution in [0.15, 0.2) is 0 Å². The summed E-state index contributed by atoms with van der Waals surface area (Å²) in [6.07, 6.45) is 5.83. The molecule has 0 heterocycles. The minimum atomic E-state index is -0.411. The summed E-state index contributed by atoms with van der Waals surface area (Å²) >= 11 is 0. The third-order valence-corrected chi connectivity index (χ3v) is 3.33. The van der Waals surface area contributed by atoms with Gasteiger partial charge in [0.15, 0.2) is 0 Å². The Morgan fingerprint density at radius 2 is 1.76 bits per heavy atom. The van der Waals surface area contributed by atoms with Crippen LogP contribution in [0.2, 0.25) is 0 Å². The molecule has 1 atom stereocenters. The van der Waals surface area contributed by atoms with Gasteiger partial charge in [0, 0.05) is 11.6 Å². The quantitative estimate of drug-likeness (QED) is 0.580. The van der Waals surface area contributed by atoms with E-state index in [9.17, 15) is 0 Å². The third-order valence-electron chi connectivity index (χ3n) is 3.33. The van der Waals surface area contributed by atoms with Crippen molar-refractivity contribution < 1.29 is 5.11 Å². The predicted octanol–water partition coefficient (Wildman–Crippen LogP) is 2.38. The van der Waals surface area contributed by atoms with Crippen LogP contribution in [-0.4, -0.2) is 41.3 Å². The van der Waals surface area contributed by atoms with Crippen LogP contribution in [0.25, 0.3) is 0 Å². The highest BCUT2D eigenvalue weighted by Crippen LogP contribution is 2.11. The van der Waals surface area contributed by atoms with E-state index in [4.69, 9.17) is 10.8 Å². The van der Waals surface area contributed by atoms with Gasteiger partial charge in [-0.1, -0.05) is 19.8 Å². The van der Waals surface area contributed by atoms with Gasteiger partial charge in [-0.2, -0.15) is 0 Å². The lowest BCUT2D eigenvalue weighted by Gasteiger charge is -2.28. The number of rotatable bonds is 10. The largest absolute Gasteiger partial charge is 0.394 e. The highest BCUT2D eigenvalue weighted by atomic mass is 16.3. The lowest BCUT2D eigenvalue weighted by Crippen LogP contribution is -2.41. The fraction of sp³-hybridized carbons (Fsp3) is 1.00. The molecule has 0 rings (SSSR count). The Hall–Kier alpha value is -0.120. The van der Waals surface area contributed by atoms with Crippen LogP contribution in [0.1, 0.15) is 59.8 Å². The van der Waals surface area contributed by atoms with Crippen molar-refractivity contribution in [2.75, 3.05) is 19.7 Å². The van der Waals surface area contributed by atoms with Gasteiger partial charge in [-0.3, -0.25) is 0 Å². The standard InChI is InChI=1S/C14H32N2O/c1-5-6-7-10-16(13(2)3)11-8-9-14(4,15)12-17/h13,17H,5-12,15H2,1-4H3. The van der Waals surface area contributed by atoms with E-state index in [1.807, 2.05) is 6.92 Å². The monoisotopic (exact) mass is 244 g/mol. The first-order valence-corrected chi connectivity index (χ1v) is 7.06. The van der Waals surface area contributed by atoms with Crippen molar-refractivity contribution >= 4 is 0 Å². The van der Waals surface area contributed by atoms with E-state index in [2.05, 4.69) is 25.7 Å². The molecule has 3 nitrogen and oxygen atoms in total. The van der Waals surface area contributed by atoms with E-state index in [0.717, 1.165) is 19.4 Å². The maximum absolute atomic E-state index is 9.10. The van der Waals surface area contributed by atoms with Crippen molar-refractivity contribution in [3.05, 3.63) is 0 Å². The Labute approximate surface area is 107 Å². The molecule has 0 bridgehead atoms. The maximum atomic E-state index is 9.10. The van der Waals surface area contributed by atoms with E-state index >= 15 is 0 Å². The topological polar surface area (TPSA) is 49.5 Å². The average molecular weight is 244 g/mol. The van der Waals surface area contributed by atoms with Crippen molar-refractivity contribution in [1.82, 2.24) is 4.90 Å². The fourth-order valence-electron chi connectivity index (χ4n) is 1.96. The molecule has 0 amide bonds. The number of aliphatic hydroxyl groups is 1. The molecule has 0 aliphatic heterocycles. The van der Waals surface area contributed by atoms with Crippen molar-refractivity contribution in [3.8, 4) is 0 Å². The smallest absolute Gasteiger partial charge is 0.0608 e. The first kappa shape index (κ1) is 16.9. The summed E-state index contributed by atoms with van der Waals surface area (Å²) in [5.41, 5.74) is 5.52. The van der Waals surface area contributed by atoms with Crippen molar-refractivity contribution in [2.24, 2.45) is 5.73 Å². The van der Waals surface area contributed by atoms with E-state index < -0.39 is 5.54 Å². The van der Waals surface area contributed by atoms with Gasteiger partial charge in [-0.25, -0.2) is 0 Å². The molecule has 0 fully saturated rings. The highest BCUT2D eigenvalue weighted by Gasteiger charge is 2.17. The molecule has 0 aliphatic rings. The second-order valence-electron chi connectivity index (χ2n) is 5.75. The summed E-state index contributed by atoms with van der Waals surface area (Å²) in [6.45, 7) is 11.0. The van der Waals surface area contributed by atoms with Gasteiger partial charge in [0.2, 0.25) is 0 Å². The highest BCUT2D eigenvalue weighted by molar-refractivity contribution is 4.77. The Kier molecular flexibility index (Phi) is 8.83. The summed E-state index contributed by atoms with van der Waals surface area (Å²) in [5.74, 6) is 0. The van der Waals surface area contributed by atoms with E-state index in [0.29, 0.717) is 6.04 Å². The molecule has 3 heteroatoms. The minimum absolute atomic E-state index is 0.0739. The van der Waals surface area contributed by atoms with Gasteiger partial charge < -0.3 is 15.7 Å². The molecule has 1 unspecified atom stereocenters. The molecule has 17 heavy (non-hydrogen) atoms. The molecule has 0 spiro atoms. The molecular weight excluding hydrogens is 212 g/mol. The average Bonchev–Trinajstić information content (AvgIpc) is 2.27. The van der Waals surface area contributed by atoms with Crippen LogP contribution in [0, 0.1) is 0 Å². The molecule has 0 aromatic carbocycles. The molecule has 0 aromatic rings. The van der Waals surface area contributed by atoms with Gasteiger partial charge in [0.25, 0.3) is 0 Å². The van der Waals surface area contributed by atoms with Gasteiger partial charge in [-0.05, 0) is 53.1 Å². The lowest BCUT2D eigenvalue weighted by atomic mass is 9.98. The molecule has 0 saturated heterocycles. The first-order chi connectivity index (χ1) is 7.93. The van der Waals surface area contributed by atoms with Crippen molar-refractivity contribution in [3.63, 3.8) is 0 Å². The van der Waals surface area contributed by atoms with E-state index in [-0.39, 0.29) is 6.61 Å². The Morgan fingerprint density at radius 1 is 1.18 bits per heavy atom. The number of unbranched alkanes of at least 4 members (excludes halogenated alkanes) is 2. The van der Waals surface area contributed by atoms with Crippen LogP contribution in [0.4, 0.5) is 0 Å². The van der Waals surface area contributed by atoms with E-state index in [1.165, 1.54) is 25.8 Å². The summed E-state index contributed by atoms with van der Waals surface area (Å²) < 4.78 is 0. The van der Waals surface area contributed by atoms with Crippen LogP contribution in [0.5, 0.6) is 0 Å². The number of aliphatic hydroxyl groups excluding tert-OH is 1. The normalized spacial score (nSPS) is 15.5. The molecular formula is C14H32N2O. The summed E-state index contributed by atoms with van der Waals surface area (Å²) in [4.78, 5) is 2.52. The van der Waals surface area contributed by atoms with Gasteiger partial charge >= 0.3 is 0 Å². The SMILES string of the molecule is CCCCCN(CCCC(C)(N)CO)C(C)C. The molecule has 0 aromatic heterocycles. The zero-order valence-corrected chi connectivity index (χ0v) is 12.2. The number of nitrogens with two attached hydrogens (primary N) is 1. The summed E-state index contributed by atoms with van der Waals surface area (Å²) in [6, 6.07) is 0.602. The Balaban J connectivity index is 3.85. The molecule has 104 valence electrons. The molecule has 3 N–H and O–H groups in total. The molecule has 0 aliphatic carbocycles. The van der Waals surface area contributed by atoms with E-state index in [1.54, 1.807) is 0 Å². The Bertz CT molecular complexity index is 181. The van der Waals surface area contributed by atoms with Gasteiger partial charge in [0.05, 0.1) is 6.61 Å². The van der Waals surface area contributed by atoms with Crippen LogP contribution < -0.4 is 5.73 Å². The summed E-state index contributed by atoms with van der Waals surface area (Å²) in [5, 5.41) is 9.10. The third kappa shape index (κ3) is 8.58. The van der Waals surface area contributed by atoms with Gasteiger partial charge in [0.1, 0.15) is 0 Å². The Morgan fingerprint density at radius 3 is 2.24 bits per heavy atom. The summed E-state index contributed by atoms with van der Waals surface area (Å²) in [7, 11) is 0. The number of hydrogen-bond donors (Lipinski definition) is 2. The number of nitrogens with zero attached hydrogens (tertiary/aromatic N) is 1. The predicted molar refractivity (Wildman–Crippen MR) is 75.1 cm³/mol. The molecule has 0 radical (unpaired) electrons. The second kappa shape index (κ2) is 8.90. The van der Waals surface area contributed by atoms with Crippen molar-refractivity contribution in [2.45, 2.75) is 71.4 Å². The van der Waals surface area contributed by atoms with Gasteiger partial charge in [-0.15, -0.1) is 0 Å². The molecule has 0 saturated carbocycles. The van der Waals surface area contributed by atoms with Crippen LogP contribution in [0.3, 0.4) is 0 Å². The number of hydrogen-bond acceptors (Lipinski definition) is 3. The lowest BCUT2D eigenvalue weighted by molar-refractivity contribution is 0.176. The minimum Gasteiger partial charge on any atom is -0.394 e. The van der Waals surface area contributed by atoms with Crippen molar-refractivity contribution in [1.29, 1.82) is 0 Å². The fourth-order valence-corrected chi connectivity index (χ4v) is 1.96. The van der Waals surface area contributed by atoms with Crippen LogP contribution in [-0.2, 0) is 0 Å². The second-order valence-corrected chi connectivity index (χ2v) is 5.75. The van der Waals surface area contributed by atoms with Crippen LogP contribution >= 0.6 is 0 Å².